The molecule has 142 valence electrons. The van der Waals surface area contributed by atoms with Crippen molar-refractivity contribution >= 4 is 40.1 Å². The van der Waals surface area contributed by atoms with Gasteiger partial charge in [-0.05, 0) is 57.7 Å². The Bertz CT molecular complexity index is 1050. The Hall–Kier alpha value is -2.19. The number of phenols is 1. The molecule has 4 rings (SSSR count). The summed E-state index contributed by atoms with van der Waals surface area (Å²) >= 11 is 3.66. The molecule has 1 aliphatic heterocycles. The van der Waals surface area contributed by atoms with Gasteiger partial charge in [0.25, 0.3) is 0 Å². The SMILES string of the molecule is CCSc1c(I)c(O)cc(-c2ccc3c(c2)OCO3)c1C(=O)c1ccccc1. The fraction of sp³-hybridized carbons (Fsp3) is 0.136. The molecule has 0 amide bonds. The highest BCUT2D eigenvalue weighted by Gasteiger charge is 2.25. The Morgan fingerprint density at radius 1 is 1.11 bits per heavy atom. The van der Waals surface area contributed by atoms with E-state index in [0.717, 1.165) is 16.2 Å². The van der Waals surface area contributed by atoms with Crippen LogP contribution in [0, 0.1) is 3.57 Å². The van der Waals surface area contributed by atoms with Crippen LogP contribution < -0.4 is 9.47 Å². The van der Waals surface area contributed by atoms with Crippen molar-refractivity contribution in [3.63, 3.8) is 0 Å². The van der Waals surface area contributed by atoms with Gasteiger partial charge < -0.3 is 14.6 Å². The third kappa shape index (κ3) is 3.46. The van der Waals surface area contributed by atoms with Gasteiger partial charge in [-0.2, -0.15) is 0 Å². The number of ketones is 1. The molecule has 6 heteroatoms. The Balaban J connectivity index is 1.96. The summed E-state index contributed by atoms with van der Waals surface area (Å²) in [6, 6.07) is 16.4. The normalized spacial score (nSPS) is 12.2. The van der Waals surface area contributed by atoms with Crippen molar-refractivity contribution < 1.29 is 19.4 Å². The Morgan fingerprint density at radius 3 is 2.61 bits per heavy atom. The van der Waals surface area contributed by atoms with Crippen LogP contribution in [0.4, 0.5) is 0 Å². The molecule has 0 atom stereocenters. The van der Waals surface area contributed by atoms with Gasteiger partial charge in [-0.15, -0.1) is 11.8 Å². The van der Waals surface area contributed by atoms with Crippen molar-refractivity contribution in [2.75, 3.05) is 12.5 Å². The number of rotatable bonds is 5. The molecule has 0 aromatic heterocycles. The largest absolute Gasteiger partial charge is 0.507 e. The smallest absolute Gasteiger partial charge is 0.231 e. The van der Waals surface area contributed by atoms with Gasteiger partial charge in [-0.25, -0.2) is 0 Å². The maximum absolute atomic E-state index is 13.5. The number of thioether (sulfide) groups is 1. The monoisotopic (exact) mass is 504 g/mol. The standard InChI is InChI=1S/C22H17IO4S/c1-2-28-22-19(21(25)13-6-4-3-5-7-13)15(11-16(24)20(22)23)14-8-9-17-18(10-14)27-12-26-17/h3-11,24H,2,12H2,1H3. The third-order valence-electron chi connectivity index (χ3n) is 4.44. The van der Waals surface area contributed by atoms with Crippen molar-refractivity contribution in [2.45, 2.75) is 11.8 Å². The van der Waals surface area contributed by atoms with Crippen LogP contribution in [0.1, 0.15) is 22.8 Å². The number of carbonyl (C=O) groups is 1. The quantitative estimate of drug-likeness (QED) is 0.273. The maximum atomic E-state index is 13.5. The number of hydrogen-bond acceptors (Lipinski definition) is 5. The summed E-state index contributed by atoms with van der Waals surface area (Å²) in [5.41, 5.74) is 2.69. The molecule has 1 heterocycles. The van der Waals surface area contributed by atoms with Gasteiger partial charge in [0.2, 0.25) is 6.79 Å². The lowest BCUT2D eigenvalue weighted by atomic mass is 9.93. The van der Waals surface area contributed by atoms with E-state index in [-0.39, 0.29) is 18.3 Å². The van der Waals surface area contributed by atoms with Gasteiger partial charge in [0.15, 0.2) is 17.3 Å². The fourth-order valence-corrected chi connectivity index (χ4v) is 4.91. The van der Waals surface area contributed by atoms with Gasteiger partial charge in [0, 0.05) is 16.0 Å². The number of fused-ring (bicyclic) bond motifs is 1. The zero-order valence-electron chi connectivity index (χ0n) is 15.1. The van der Waals surface area contributed by atoms with Crippen molar-refractivity contribution in [3.05, 3.63) is 69.3 Å². The molecular weight excluding hydrogens is 487 g/mol. The number of hydrogen-bond donors (Lipinski definition) is 1. The van der Waals surface area contributed by atoms with Gasteiger partial charge in [0.1, 0.15) is 5.75 Å². The van der Waals surface area contributed by atoms with Gasteiger partial charge in [-0.3, -0.25) is 4.79 Å². The van der Waals surface area contributed by atoms with E-state index in [9.17, 15) is 9.90 Å². The summed E-state index contributed by atoms with van der Waals surface area (Å²) in [6.07, 6.45) is 0. The van der Waals surface area contributed by atoms with Crippen LogP contribution in [-0.2, 0) is 0 Å². The first-order valence-corrected chi connectivity index (χ1v) is 10.8. The zero-order valence-corrected chi connectivity index (χ0v) is 18.0. The van der Waals surface area contributed by atoms with Gasteiger partial charge >= 0.3 is 0 Å². The minimum absolute atomic E-state index is 0.0675. The molecule has 1 N–H and O–H groups in total. The van der Waals surface area contributed by atoms with Crippen LogP contribution in [0.2, 0.25) is 0 Å². The van der Waals surface area contributed by atoms with Crippen LogP contribution in [0.25, 0.3) is 11.1 Å². The lowest BCUT2D eigenvalue weighted by molar-refractivity contribution is 0.103. The average molecular weight is 504 g/mol. The summed E-state index contributed by atoms with van der Waals surface area (Å²) < 4.78 is 11.6. The molecule has 0 saturated carbocycles. The molecule has 0 fully saturated rings. The van der Waals surface area contributed by atoms with Crippen molar-refractivity contribution in [2.24, 2.45) is 0 Å². The summed E-state index contributed by atoms with van der Waals surface area (Å²) in [7, 11) is 0. The highest BCUT2D eigenvalue weighted by molar-refractivity contribution is 14.1. The highest BCUT2D eigenvalue weighted by Crippen LogP contribution is 2.43. The summed E-state index contributed by atoms with van der Waals surface area (Å²) in [5.74, 6) is 2.20. The van der Waals surface area contributed by atoms with Crippen LogP contribution in [0.15, 0.2) is 59.5 Å². The molecule has 28 heavy (non-hydrogen) atoms. The van der Waals surface area contributed by atoms with Gasteiger partial charge in [0.05, 0.1) is 3.57 Å². The number of carbonyl (C=O) groups excluding carboxylic acids is 1. The number of phenolic OH excluding ortho intramolecular Hbond substituents is 1. The molecule has 3 aromatic rings. The number of benzene rings is 3. The molecular formula is C22H17IO4S. The topological polar surface area (TPSA) is 55.8 Å². The van der Waals surface area contributed by atoms with E-state index >= 15 is 0 Å². The second-order valence-electron chi connectivity index (χ2n) is 6.16. The number of halogens is 1. The lowest BCUT2D eigenvalue weighted by Gasteiger charge is -2.17. The first-order chi connectivity index (χ1) is 13.6. The van der Waals surface area contributed by atoms with Gasteiger partial charge in [-0.1, -0.05) is 43.3 Å². The van der Waals surface area contributed by atoms with E-state index in [0.29, 0.717) is 31.8 Å². The van der Waals surface area contributed by atoms with Crippen molar-refractivity contribution in [3.8, 4) is 28.4 Å². The third-order valence-corrected chi connectivity index (χ3v) is 6.88. The summed E-state index contributed by atoms with van der Waals surface area (Å²) in [6.45, 7) is 2.21. The van der Waals surface area contributed by atoms with Crippen molar-refractivity contribution in [1.29, 1.82) is 0 Å². The molecule has 1 aliphatic rings. The molecule has 0 saturated heterocycles. The van der Waals surface area contributed by atoms with Crippen LogP contribution in [0.5, 0.6) is 17.2 Å². The first kappa shape index (κ1) is 19.1. The summed E-state index contributed by atoms with van der Waals surface area (Å²) in [5, 5.41) is 10.6. The van der Waals surface area contributed by atoms with E-state index < -0.39 is 0 Å². The Kier molecular flexibility index (Phi) is 5.50. The lowest BCUT2D eigenvalue weighted by Crippen LogP contribution is -2.07. The minimum atomic E-state index is -0.0675. The van der Waals surface area contributed by atoms with E-state index in [2.05, 4.69) is 22.6 Å². The number of aromatic hydroxyl groups is 1. The van der Waals surface area contributed by atoms with Crippen LogP contribution >= 0.6 is 34.4 Å². The second-order valence-corrected chi connectivity index (χ2v) is 8.51. The van der Waals surface area contributed by atoms with E-state index in [1.165, 1.54) is 0 Å². The molecule has 3 aromatic carbocycles. The first-order valence-electron chi connectivity index (χ1n) is 8.78. The molecule has 4 nitrogen and oxygen atoms in total. The Morgan fingerprint density at radius 2 is 1.86 bits per heavy atom. The average Bonchev–Trinajstić information content (AvgIpc) is 3.19. The predicted molar refractivity (Wildman–Crippen MR) is 119 cm³/mol. The van der Waals surface area contributed by atoms with E-state index in [1.54, 1.807) is 17.8 Å². The summed E-state index contributed by atoms with van der Waals surface area (Å²) in [4.78, 5) is 14.3. The molecule has 0 unspecified atom stereocenters. The number of ether oxygens (including phenoxy) is 2. The molecule has 0 bridgehead atoms. The zero-order chi connectivity index (χ0) is 19.7. The minimum Gasteiger partial charge on any atom is -0.507 e. The molecule has 0 radical (unpaired) electrons. The Labute approximate surface area is 181 Å². The van der Waals surface area contributed by atoms with Crippen molar-refractivity contribution in [1.82, 2.24) is 0 Å². The molecule has 0 spiro atoms. The maximum Gasteiger partial charge on any atom is 0.231 e. The van der Waals surface area contributed by atoms with Crippen LogP contribution in [0.3, 0.4) is 0 Å². The highest BCUT2D eigenvalue weighted by atomic mass is 127. The van der Waals surface area contributed by atoms with E-state index in [1.807, 2.05) is 55.5 Å². The second kappa shape index (κ2) is 8.05. The molecule has 0 aliphatic carbocycles. The fourth-order valence-electron chi connectivity index (χ4n) is 3.15. The van der Waals surface area contributed by atoms with E-state index in [4.69, 9.17) is 9.47 Å². The predicted octanol–water partition coefficient (Wildman–Crippen LogP) is 5.74. The van der Waals surface area contributed by atoms with Crippen LogP contribution in [-0.4, -0.2) is 23.4 Å².